The van der Waals surface area contributed by atoms with E-state index in [2.05, 4.69) is 34.0 Å². The summed E-state index contributed by atoms with van der Waals surface area (Å²) in [5.74, 6) is 0. The Balaban J connectivity index is 2.18. The van der Waals surface area contributed by atoms with Crippen molar-refractivity contribution in [2.24, 2.45) is 0 Å². The highest BCUT2D eigenvalue weighted by Crippen LogP contribution is 2.36. The van der Waals surface area contributed by atoms with Crippen LogP contribution in [0.15, 0.2) is 42.9 Å². The van der Waals surface area contributed by atoms with Crippen molar-refractivity contribution in [1.29, 1.82) is 0 Å². The van der Waals surface area contributed by atoms with Crippen LogP contribution >= 0.6 is 11.3 Å². The molecule has 2 heterocycles. The summed E-state index contributed by atoms with van der Waals surface area (Å²) in [6.07, 6.45) is 3.25. The van der Waals surface area contributed by atoms with Gasteiger partial charge in [-0.15, -0.1) is 0 Å². The van der Waals surface area contributed by atoms with Gasteiger partial charge in [-0.25, -0.2) is 15.0 Å². The van der Waals surface area contributed by atoms with Gasteiger partial charge in [0.15, 0.2) is 5.13 Å². The van der Waals surface area contributed by atoms with E-state index in [-0.39, 0.29) is 0 Å². The van der Waals surface area contributed by atoms with Crippen molar-refractivity contribution in [3.8, 4) is 21.8 Å². The van der Waals surface area contributed by atoms with Crippen LogP contribution in [0.4, 0.5) is 5.13 Å². The second kappa shape index (κ2) is 4.78. The topological polar surface area (TPSA) is 64.7 Å². The first-order valence-corrected chi connectivity index (χ1v) is 6.65. The van der Waals surface area contributed by atoms with Crippen molar-refractivity contribution in [2.75, 3.05) is 5.73 Å². The third-order valence-corrected chi connectivity index (χ3v) is 3.66. The molecule has 0 fully saturated rings. The lowest BCUT2D eigenvalue weighted by Crippen LogP contribution is -1.87. The van der Waals surface area contributed by atoms with E-state index < -0.39 is 0 Å². The molecular formula is C14H12N4S. The lowest BCUT2D eigenvalue weighted by Gasteiger charge is -2.02. The van der Waals surface area contributed by atoms with E-state index in [0.717, 1.165) is 21.8 Å². The van der Waals surface area contributed by atoms with Crippen molar-refractivity contribution < 1.29 is 0 Å². The molecule has 0 saturated heterocycles. The average Bonchev–Trinajstić information content (AvgIpc) is 2.82. The zero-order valence-electron chi connectivity index (χ0n) is 10.4. The van der Waals surface area contributed by atoms with E-state index in [1.165, 1.54) is 23.2 Å². The average molecular weight is 268 g/mol. The van der Waals surface area contributed by atoms with Gasteiger partial charge in [-0.2, -0.15) is 0 Å². The van der Waals surface area contributed by atoms with Crippen molar-refractivity contribution >= 4 is 16.5 Å². The number of benzene rings is 1. The number of nitrogens with zero attached hydrogens (tertiary/aromatic N) is 3. The van der Waals surface area contributed by atoms with Crippen molar-refractivity contribution in [3.05, 3.63) is 48.4 Å². The van der Waals surface area contributed by atoms with Crippen molar-refractivity contribution in [2.45, 2.75) is 6.92 Å². The largest absolute Gasteiger partial charge is 0.375 e. The van der Waals surface area contributed by atoms with Gasteiger partial charge >= 0.3 is 0 Å². The van der Waals surface area contributed by atoms with Gasteiger partial charge in [-0.05, 0) is 19.1 Å². The molecule has 2 N–H and O–H groups in total. The van der Waals surface area contributed by atoms with Crippen LogP contribution in [0.1, 0.15) is 5.56 Å². The Labute approximate surface area is 115 Å². The fraction of sp³-hybridized carbons (Fsp3) is 0.0714. The molecule has 0 spiro atoms. The van der Waals surface area contributed by atoms with Gasteiger partial charge in [-0.3, -0.25) is 0 Å². The minimum absolute atomic E-state index is 0.546. The summed E-state index contributed by atoms with van der Waals surface area (Å²) in [5.41, 5.74) is 9.83. The lowest BCUT2D eigenvalue weighted by atomic mass is 10.1. The molecule has 0 aliphatic carbocycles. The number of hydrogen-bond acceptors (Lipinski definition) is 5. The molecule has 4 nitrogen and oxygen atoms in total. The Morgan fingerprint density at radius 2 is 2.11 bits per heavy atom. The predicted molar refractivity (Wildman–Crippen MR) is 77.7 cm³/mol. The van der Waals surface area contributed by atoms with Gasteiger partial charge in [0, 0.05) is 11.8 Å². The zero-order valence-corrected chi connectivity index (χ0v) is 11.2. The Morgan fingerprint density at radius 3 is 2.84 bits per heavy atom. The monoisotopic (exact) mass is 268 g/mol. The number of aryl methyl sites for hydroxylation is 1. The minimum Gasteiger partial charge on any atom is -0.375 e. The molecule has 3 aromatic rings. The summed E-state index contributed by atoms with van der Waals surface area (Å²) >= 11 is 1.44. The lowest BCUT2D eigenvalue weighted by molar-refractivity contribution is 1.18. The molecule has 0 bridgehead atoms. The number of thiazole rings is 1. The van der Waals surface area contributed by atoms with Crippen LogP contribution in [-0.2, 0) is 0 Å². The van der Waals surface area contributed by atoms with Gasteiger partial charge in [-0.1, -0.05) is 35.1 Å². The fourth-order valence-electron chi connectivity index (χ4n) is 1.92. The van der Waals surface area contributed by atoms with Gasteiger partial charge < -0.3 is 5.73 Å². The number of hydrogen-bond donors (Lipinski definition) is 1. The summed E-state index contributed by atoms with van der Waals surface area (Å²) in [5, 5.41) is 0.546. The molecule has 1 aromatic carbocycles. The van der Waals surface area contributed by atoms with E-state index in [1.54, 1.807) is 6.20 Å². The van der Waals surface area contributed by atoms with Crippen LogP contribution in [0, 0.1) is 6.92 Å². The standard InChI is InChI=1S/C14H12N4S/c1-9-3-2-4-10(7-9)12-13(19-14(15)18-12)11-5-6-16-8-17-11/h2-8H,1H3,(H2,15,18). The second-order valence-corrected chi connectivity index (χ2v) is 5.22. The van der Waals surface area contributed by atoms with Crippen molar-refractivity contribution in [1.82, 2.24) is 15.0 Å². The quantitative estimate of drug-likeness (QED) is 0.775. The van der Waals surface area contributed by atoms with Crippen LogP contribution in [-0.4, -0.2) is 15.0 Å². The van der Waals surface area contributed by atoms with Gasteiger partial charge in [0.1, 0.15) is 6.33 Å². The highest BCUT2D eigenvalue weighted by atomic mass is 32.1. The number of nitrogens with two attached hydrogens (primary N) is 1. The van der Waals surface area contributed by atoms with E-state index in [9.17, 15) is 0 Å². The fourth-order valence-corrected chi connectivity index (χ4v) is 2.75. The van der Waals surface area contributed by atoms with Crippen LogP contribution < -0.4 is 5.73 Å². The number of anilines is 1. The van der Waals surface area contributed by atoms with Gasteiger partial charge in [0.05, 0.1) is 16.3 Å². The molecule has 19 heavy (non-hydrogen) atoms. The Kier molecular flexibility index (Phi) is 2.97. The van der Waals surface area contributed by atoms with E-state index in [1.807, 2.05) is 18.2 Å². The Bertz CT molecular complexity index is 706. The van der Waals surface area contributed by atoms with E-state index in [4.69, 9.17) is 5.73 Å². The number of rotatable bonds is 2. The Morgan fingerprint density at radius 1 is 1.21 bits per heavy atom. The highest BCUT2D eigenvalue weighted by Gasteiger charge is 2.14. The summed E-state index contributed by atoms with van der Waals surface area (Å²) in [4.78, 5) is 13.6. The predicted octanol–water partition coefficient (Wildman–Crippen LogP) is 3.16. The maximum atomic E-state index is 5.86. The maximum Gasteiger partial charge on any atom is 0.181 e. The summed E-state index contributed by atoms with van der Waals surface area (Å²) in [6.45, 7) is 2.06. The minimum atomic E-state index is 0.546. The van der Waals surface area contributed by atoms with Crippen LogP contribution in [0.25, 0.3) is 21.8 Å². The van der Waals surface area contributed by atoms with Crippen LogP contribution in [0.5, 0.6) is 0 Å². The zero-order chi connectivity index (χ0) is 13.2. The molecule has 0 amide bonds. The first-order chi connectivity index (χ1) is 9.24. The van der Waals surface area contributed by atoms with E-state index in [0.29, 0.717) is 5.13 Å². The smallest absolute Gasteiger partial charge is 0.181 e. The van der Waals surface area contributed by atoms with Crippen LogP contribution in [0.2, 0.25) is 0 Å². The maximum absolute atomic E-state index is 5.86. The highest BCUT2D eigenvalue weighted by molar-refractivity contribution is 7.19. The molecule has 0 radical (unpaired) electrons. The molecule has 0 aliphatic rings. The molecule has 2 aromatic heterocycles. The SMILES string of the molecule is Cc1cccc(-c2nc(N)sc2-c2ccncn2)c1. The normalized spacial score (nSPS) is 10.6. The van der Waals surface area contributed by atoms with E-state index >= 15 is 0 Å². The molecular weight excluding hydrogens is 256 g/mol. The van der Waals surface area contributed by atoms with Gasteiger partial charge in [0.25, 0.3) is 0 Å². The number of aromatic nitrogens is 3. The molecule has 0 aliphatic heterocycles. The van der Waals surface area contributed by atoms with Crippen LogP contribution in [0.3, 0.4) is 0 Å². The third-order valence-electron chi connectivity index (χ3n) is 2.75. The molecule has 94 valence electrons. The number of nitrogen functional groups attached to an aromatic ring is 1. The summed E-state index contributed by atoms with van der Waals surface area (Å²) in [7, 11) is 0. The second-order valence-electron chi connectivity index (χ2n) is 4.19. The molecule has 5 heteroatoms. The first-order valence-electron chi connectivity index (χ1n) is 5.84. The molecule has 0 unspecified atom stereocenters. The molecule has 0 saturated carbocycles. The third kappa shape index (κ3) is 2.32. The Hall–Kier alpha value is -2.27. The van der Waals surface area contributed by atoms with Crippen molar-refractivity contribution in [3.63, 3.8) is 0 Å². The van der Waals surface area contributed by atoms with Gasteiger partial charge in [0.2, 0.25) is 0 Å². The molecule has 3 rings (SSSR count). The summed E-state index contributed by atoms with van der Waals surface area (Å²) < 4.78 is 0. The molecule has 0 atom stereocenters. The summed E-state index contributed by atoms with van der Waals surface area (Å²) in [6, 6.07) is 10.1. The first kappa shape index (κ1) is 11.8.